The van der Waals surface area contributed by atoms with E-state index in [1.54, 1.807) is 6.07 Å². The predicted octanol–water partition coefficient (Wildman–Crippen LogP) is 3.06. The van der Waals surface area contributed by atoms with E-state index in [0.29, 0.717) is 11.7 Å². The first kappa shape index (κ1) is 15.7. The molecule has 0 amide bonds. The van der Waals surface area contributed by atoms with Crippen LogP contribution in [0, 0.1) is 0 Å². The molecule has 0 spiro atoms. The maximum atomic E-state index is 5.83. The summed E-state index contributed by atoms with van der Waals surface area (Å²) in [5.74, 6) is 7.33. The highest BCUT2D eigenvalue weighted by atomic mass is 16.5. The van der Waals surface area contributed by atoms with Gasteiger partial charge < -0.3 is 10.2 Å². The van der Waals surface area contributed by atoms with Gasteiger partial charge in [-0.3, -0.25) is 0 Å². The number of nitrogen functional groups attached to an aromatic ring is 1. The van der Waals surface area contributed by atoms with Crippen molar-refractivity contribution in [1.29, 1.82) is 0 Å². The summed E-state index contributed by atoms with van der Waals surface area (Å²) in [7, 11) is 0. The molecule has 5 nitrogen and oxygen atoms in total. The quantitative estimate of drug-likeness (QED) is 0.408. The molecule has 1 aromatic heterocycles. The van der Waals surface area contributed by atoms with E-state index in [-0.39, 0.29) is 6.10 Å². The van der Waals surface area contributed by atoms with Crippen molar-refractivity contribution in [2.45, 2.75) is 65.4 Å². The van der Waals surface area contributed by atoms with Crippen LogP contribution in [0.25, 0.3) is 0 Å². The molecule has 1 atom stereocenters. The van der Waals surface area contributed by atoms with Gasteiger partial charge >= 0.3 is 0 Å². The fourth-order valence-electron chi connectivity index (χ4n) is 1.89. The van der Waals surface area contributed by atoms with E-state index < -0.39 is 0 Å². The van der Waals surface area contributed by atoms with Gasteiger partial charge in [0.05, 0.1) is 6.10 Å². The van der Waals surface area contributed by atoms with Crippen molar-refractivity contribution in [2.75, 3.05) is 5.43 Å². The summed E-state index contributed by atoms with van der Waals surface area (Å²) in [5, 5.41) is 0. The zero-order chi connectivity index (χ0) is 14.1. The van der Waals surface area contributed by atoms with Gasteiger partial charge in [0.25, 0.3) is 0 Å². The molecule has 0 aromatic carbocycles. The van der Waals surface area contributed by atoms with Crippen LogP contribution >= 0.6 is 0 Å². The number of ether oxygens (including phenoxy) is 1. The highest BCUT2D eigenvalue weighted by Gasteiger charge is 2.08. The first-order valence-electron chi connectivity index (χ1n) is 7.20. The second-order valence-electron chi connectivity index (χ2n) is 4.78. The van der Waals surface area contributed by atoms with Gasteiger partial charge in [-0.2, -0.15) is 4.98 Å². The normalized spacial score (nSPS) is 12.2. The standard InChI is InChI=1S/C14H26N4O/c1-4-6-7-8-9-11(3)19-14-10-13(18-15)16-12(5-2)17-14/h10-11H,4-9,15H2,1-3H3,(H,16,17,18). The minimum atomic E-state index is 0.169. The number of nitrogens with one attached hydrogen (secondary N) is 1. The Bertz CT molecular complexity index is 348. The molecule has 0 saturated carbocycles. The summed E-state index contributed by atoms with van der Waals surface area (Å²) in [6, 6.07) is 1.74. The molecule has 1 rings (SSSR count). The van der Waals surface area contributed by atoms with Crippen LogP contribution in [0.3, 0.4) is 0 Å². The number of aromatic nitrogens is 2. The Labute approximate surface area is 115 Å². The first-order valence-corrected chi connectivity index (χ1v) is 7.20. The molecule has 0 fully saturated rings. The van der Waals surface area contributed by atoms with Gasteiger partial charge in [-0.1, -0.05) is 33.1 Å². The van der Waals surface area contributed by atoms with Crippen LogP contribution in [0.2, 0.25) is 0 Å². The second kappa shape index (κ2) is 8.69. The summed E-state index contributed by atoms with van der Waals surface area (Å²) in [6.07, 6.45) is 7.00. The van der Waals surface area contributed by atoms with Gasteiger partial charge in [-0.15, -0.1) is 0 Å². The lowest BCUT2D eigenvalue weighted by atomic mass is 10.1. The van der Waals surface area contributed by atoms with Crippen LogP contribution in [-0.4, -0.2) is 16.1 Å². The predicted molar refractivity (Wildman–Crippen MR) is 78.1 cm³/mol. The zero-order valence-electron chi connectivity index (χ0n) is 12.3. The molecule has 1 unspecified atom stereocenters. The molecule has 0 aliphatic rings. The minimum Gasteiger partial charge on any atom is -0.475 e. The van der Waals surface area contributed by atoms with Gasteiger partial charge in [0.15, 0.2) is 0 Å². The van der Waals surface area contributed by atoms with Crippen LogP contribution in [0.4, 0.5) is 5.82 Å². The topological polar surface area (TPSA) is 73.1 Å². The van der Waals surface area contributed by atoms with Crippen molar-refractivity contribution in [1.82, 2.24) is 9.97 Å². The van der Waals surface area contributed by atoms with Gasteiger partial charge in [0.2, 0.25) is 5.88 Å². The van der Waals surface area contributed by atoms with Gasteiger partial charge in [0, 0.05) is 12.5 Å². The molecule has 0 aliphatic carbocycles. The maximum absolute atomic E-state index is 5.83. The Hall–Kier alpha value is -1.36. The number of aryl methyl sites for hydroxylation is 1. The Morgan fingerprint density at radius 2 is 2.05 bits per heavy atom. The average Bonchev–Trinajstić information content (AvgIpc) is 2.43. The third-order valence-electron chi connectivity index (χ3n) is 3.00. The van der Waals surface area contributed by atoms with Crippen LogP contribution in [-0.2, 0) is 6.42 Å². The zero-order valence-corrected chi connectivity index (χ0v) is 12.3. The Morgan fingerprint density at radius 3 is 2.68 bits per heavy atom. The third kappa shape index (κ3) is 5.87. The van der Waals surface area contributed by atoms with Crippen molar-refractivity contribution in [3.63, 3.8) is 0 Å². The molecular formula is C14H26N4O. The van der Waals surface area contributed by atoms with Crippen LogP contribution in [0.5, 0.6) is 5.88 Å². The number of nitrogens with zero attached hydrogens (tertiary/aromatic N) is 2. The second-order valence-corrected chi connectivity index (χ2v) is 4.78. The van der Waals surface area contributed by atoms with Crippen molar-refractivity contribution in [2.24, 2.45) is 5.84 Å². The van der Waals surface area contributed by atoms with E-state index in [0.717, 1.165) is 18.7 Å². The minimum absolute atomic E-state index is 0.169. The molecule has 0 bridgehead atoms. The lowest BCUT2D eigenvalue weighted by Gasteiger charge is -2.15. The first-order chi connectivity index (χ1) is 9.19. The molecule has 0 aliphatic heterocycles. The molecule has 19 heavy (non-hydrogen) atoms. The number of hydrogen-bond donors (Lipinski definition) is 2. The lowest BCUT2D eigenvalue weighted by molar-refractivity contribution is 0.197. The van der Waals surface area contributed by atoms with Gasteiger partial charge in [-0.05, 0) is 19.8 Å². The van der Waals surface area contributed by atoms with Crippen molar-refractivity contribution in [3.05, 3.63) is 11.9 Å². The highest BCUT2D eigenvalue weighted by Crippen LogP contribution is 2.16. The molecule has 0 saturated heterocycles. The smallest absolute Gasteiger partial charge is 0.219 e. The molecule has 108 valence electrons. The number of unbranched alkanes of at least 4 members (excludes halogenated alkanes) is 3. The number of rotatable bonds is 9. The van der Waals surface area contributed by atoms with Crippen LogP contribution in [0.15, 0.2) is 6.07 Å². The van der Waals surface area contributed by atoms with Gasteiger partial charge in [0.1, 0.15) is 11.6 Å². The van der Waals surface area contributed by atoms with E-state index in [1.165, 1.54) is 25.7 Å². The number of hydrazine groups is 1. The molecule has 3 N–H and O–H groups in total. The Kier molecular flexibility index (Phi) is 7.18. The average molecular weight is 266 g/mol. The van der Waals surface area contributed by atoms with E-state index >= 15 is 0 Å². The van der Waals surface area contributed by atoms with Crippen LogP contribution in [0.1, 0.15) is 58.7 Å². The summed E-state index contributed by atoms with van der Waals surface area (Å²) >= 11 is 0. The number of nitrogens with two attached hydrogens (primary N) is 1. The van der Waals surface area contributed by atoms with Crippen molar-refractivity contribution >= 4 is 5.82 Å². The van der Waals surface area contributed by atoms with Crippen LogP contribution < -0.4 is 16.0 Å². The molecule has 5 heteroatoms. The summed E-state index contributed by atoms with van der Waals surface area (Å²) in [4.78, 5) is 8.59. The SMILES string of the molecule is CCCCCCC(C)Oc1cc(NN)nc(CC)n1. The van der Waals surface area contributed by atoms with E-state index in [9.17, 15) is 0 Å². The fraction of sp³-hybridized carbons (Fsp3) is 0.714. The molecule has 1 heterocycles. The number of hydrogen-bond acceptors (Lipinski definition) is 5. The van der Waals surface area contributed by atoms with Crippen molar-refractivity contribution < 1.29 is 4.74 Å². The van der Waals surface area contributed by atoms with Gasteiger partial charge in [-0.25, -0.2) is 10.8 Å². The monoisotopic (exact) mass is 266 g/mol. The van der Waals surface area contributed by atoms with E-state index in [4.69, 9.17) is 10.6 Å². The fourth-order valence-corrected chi connectivity index (χ4v) is 1.89. The molecular weight excluding hydrogens is 240 g/mol. The molecule has 1 aromatic rings. The summed E-state index contributed by atoms with van der Waals surface area (Å²) in [6.45, 7) is 6.30. The highest BCUT2D eigenvalue weighted by molar-refractivity contribution is 5.37. The maximum Gasteiger partial charge on any atom is 0.219 e. The van der Waals surface area contributed by atoms with E-state index in [1.807, 2.05) is 6.92 Å². The third-order valence-corrected chi connectivity index (χ3v) is 3.00. The molecule has 0 radical (unpaired) electrons. The van der Waals surface area contributed by atoms with Crippen molar-refractivity contribution in [3.8, 4) is 5.88 Å². The summed E-state index contributed by atoms with van der Waals surface area (Å²) in [5.41, 5.74) is 2.54. The Morgan fingerprint density at radius 1 is 1.26 bits per heavy atom. The summed E-state index contributed by atoms with van der Waals surface area (Å²) < 4.78 is 5.83. The van der Waals surface area contributed by atoms with E-state index in [2.05, 4.69) is 29.2 Å². The lowest BCUT2D eigenvalue weighted by Crippen LogP contribution is -2.15. The largest absolute Gasteiger partial charge is 0.475 e. The number of anilines is 1. The Balaban J connectivity index is 2.50.